The normalized spacial score (nSPS) is 10.5. The SMILES string of the molecule is COc1cccc(C(=O)N(CCC(=O)Nc2nnc(-c3cccc(OC)c3)s2)CCc2ccc(OC)c(OC)c2)c1. The van der Waals surface area contributed by atoms with E-state index < -0.39 is 0 Å². The fourth-order valence-electron chi connectivity index (χ4n) is 4.12. The average molecular weight is 577 g/mol. The second-order valence-electron chi connectivity index (χ2n) is 8.91. The number of aromatic nitrogens is 2. The first-order chi connectivity index (χ1) is 19.9. The highest BCUT2D eigenvalue weighted by Crippen LogP contribution is 2.29. The minimum Gasteiger partial charge on any atom is -0.497 e. The molecule has 0 bridgehead atoms. The van der Waals surface area contributed by atoms with Crippen LogP contribution in [0.2, 0.25) is 0 Å². The molecule has 11 heteroatoms. The van der Waals surface area contributed by atoms with Crippen molar-refractivity contribution in [2.45, 2.75) is 12.8 Å². The third kappa shape index (κ3) is 7.73. The van der Waals surface area contributed by atoms with Crippen LogP contribution in [0.25, 0.3) is 10.6 Å². The predicted molar refractivity (Wildman–Crippen MR) is 157 cm³/mol. The first kappa shape index (κ1) is 29.3. The second kappa shape index (κ2) is 14.1. The molecule has 1 aromatic heterocycles. The topological polar surface area (TPSA) is 112 Å². The minimum atomic E-state index is -0.270. The Kier molecular flexibility index (Phi) is 10.1. The van der Waals surface area contributed by atoms with Crippen molar-refractivity contribution in [3.05, 3.63) is 77.9 Å². The van der Waals surface area contributed by atoms with Gasteiger partial charge in [0.25, 0.3) is 5.91 Å². The molecule has 0 aliphatic heterocycles. The Morgan fingerprint density at radius 2 is 1.54 bits per heavy atom. The summed E-state index contributed by atoms with van der Waals surface area (Å²) in [5, 5.41) is 12.1. The van der Waals surface area contributed by atoms with Gasteiger partial charge in [-0.25, -0.2) is 0 Å². The van der Waals surface area contributed by atoms with Gasteiger partial charge in [-0.3, -0.25) is 9.59 Å². The standard InChI is InChI=1S/C30H32N4O6S/c1-37-23-9-5-7-21(18-23)28-32-33-30(41-28)31-27(35)14-16-34(29(36)22-8-6-10-24(19-22)38-2)15-13-20-11-12-25(39-3)26(17-20)40-4/h5-12,17-19H,13-16H2,1-4H3,(H,31,33,35). The number of carbonyl (C=O) groups excluding carboxylic acids is 2. The zero-order valence-corrected chi connectivity index (χ0v) is 24.2. The molecule has 4 aromatic rings. The predicted octanol–water partition coefficient (Wildman–Crippen LogP) is 4.95. The summed E-state index contributed by atoms with van der Waals surface area (Å²) in [6, 6.07) is 20.1. The number of nitrogens with zero attached hydrogens (tertiary/aromatic N) is 3. The van der Waals surface area contributed by atoms with E-state index in [0.717, 1.165) is 11.1 Å². The van der Waals surface area contributed by atoms with E-state index >= 15 is 0 Å². The summed E-state index contributed by atoms with van der Waals surface area (Å²) < 4.78 is 21.3. The van der Waals surface area contributed by atoms with Gasteiger partial charge in [0.2, 0.25) is 11.0 Å². The van der Waals surface area contributed by atoms with E-state index in [9.17, 15) is 9.59 Å². The molecule has 0 aliphatic rings. The molecule has 1 N–H and O–H groups in total. The molecule has 4 rings (SSSR count). The first-order valence-corrected chi connectivity index (χ1v) is 13.7. The highest BCUT2D eigenvalue weighted by atomic mass is 32.1. The summed E-state index contributed by atoms with van der Waals surface area (Å²) in [5.74, 6) is 2.05. The van der Waals surface area contributed by atoms with Crippen molar-refractivity contribution in [1.29, 1.82) is 0 Å². The van der Waals surface area contributed by atoms with Crippen molar-refractivity contribution in [2.75, 3.05) is 46.8 Å². The molecular weight excluding hydrogens is 544 g/mol. The van der Waals surface area contributed by atoms with Crippen molar-refractivity contribution in [2.24, 2.45) is 0 Å². The monoisotopic (exact) mass is 576 g/mol. The largest absolute Gasteiger partial charge is 0.497 e. The summed E-state index contributed by atoms with van der Waals surface area (Å²) in [6.45, 7) is 0.592. The van der Waals surface area contributed by atoms with Crippen molar-refractivity contribution in [1.82, 2.24) is 15.1 Å². The number of hydrogen-bond donors (Lipinski definition) is 1. The minimum absolute atomic E-state index is 0.0791. The van der Waals surface area contributed by atoms with E-state index in [1.165, 1.54) is 11.3 Å². The van der Waals surface area contributed by atoms with Crippen LogP contribution in [0.1, 0.15) is 22.3 Å². The van der Waals surface area contributed by atoms with E-state index in [2.05, 4.69) is 15.5 Å². The van der Waals surface area contributed by atoms with Crippen LogP contribution in [0.3, 0.4) is 0 Å². The van der Waals surface area contributed by atoms with Crippen LogP contribution >= 0.6 is 11.3 Å². The molecule has 214 valence electrons. The van der Waals surface area contributed by atoms with Gasteiger partial charge in [-0.2, -0.15) is 0 Å². The second-order valence-corrected chi connectivity index (χ2v) is 9.88. The number of ether oxygens (including phenoxy) is 4. The van der Waals surface area contributed by atoms with Gasteiger partial charge in [0.15, 0.2) is 11.5 Å². The molecule has 0 spiro atoms. The number of benzene rings is 3. The van der Waals surface area contributed by atoms with Crippen LogP contribution in [-0.4, -0.2) is 68.4 Å². The lowest BCUT2D eigenvalue weighted by Crippen LogP contribution is -2.35. The van der Waals surface area contributed by atoms with Crippen molar-refractivity contribution >= 4 is 28.3 Å². The Labute approximate surface area is 242 Å². The van der Waals surface area contributed by atoms with Gasteiger partial charge >= 0.3 is 0 Å². The van der Waals surface area contributed by atoms with E-state index in [4.69, 9.17) is 18.9 Å². The summed E-state index contributed by atoms with van der Waals surface area (Å²) in [4.78, 5) is 28.0. The maximum atomic E-state index is 13.5. The number of amides is 2. The Hall–Kier alpha value is -4.64. The number of rotatable bonds is 13. The average Bonchev–Trinajstić information content (AvgIpc) is 3.49. The highest BCUT2D eigenvalue weighted by molar-refractivity contribution is 7.18. The lowest BCUT2D eigenvalue weighted by atomic mass is 10.1. The van der Waals surface area contributed by atoms with Gasteiger partial charge in [-0.05, 0) is 54.4 Å². The highest BCUT2D eigenvalue weighted by Gasteiger charge is 2.19. The van der Waals surface area contributed by atoms with Crippen molar-refractivity contribution < 1.29 is 28.5 Å². The smallest absolute Gasteiger partial charge is 0.254 e. The van der Waals surface area contributed by atoms with Gasteiger partial charge in [0.05, 0.1) is 28.4 Å². The number of anilines is 1. The molecule has 0 radical (unpaired) electrons. The molecule has 10 nitrogen and oxygen atoms in total. The van der Waals surface area contributed by atoms with Gasteiger partial charge in [0, 0.05) is 30.6 Å². The van der Waals surface area contributed by atoms with Gasteiger partial charge < -0.3 is 29.2 Å². The third-order valence-electron chi connectivity index (χ3n) is 6.32. The molecule has 41 heavy (non-hydrogen) atoms. The molecule has 2 amide bonds. The Morgan fingerprint density at radius 1 is 0.805 bits per heavy atom. The number of hydrogen-bond acceptors (Lipinski definition) is 9. The third-order valence-corrected chi connectivity index (χ3v) is 7.21. The van der Waals surface area contributed by atoms with Crippen LogP contribution < -0.4 is 24.3 Å². The lowest BCUT2D eigenvalue weighted by molar-refractivity contribution is -0.116. The van der Waals surface area contributed by atoms with Gasteiger partial charge in [-0.1, -0.05) is 35.6 Å². The molecule has 3 aromatic carbocycles. The number of carbonyl (C=O) groups is 2. The van der Waals surface area contributed by atoms with Crippen LogP contribution in [-0.2, 0) is 11.2 Å². The molecule has 0 fully saturated rings. The lowest BCUT2D eigenvalue weighted by Gasteiger charge is -2.23. The number of nitrogens with one attached hydrogen (secondary N) is 1. The van der Waals surface area contributed by atoms with Crippen LogP contribution in [0, 0.1) is 0 Å². The summed E-state index contributed by atoms with van der Waals surface area (Å²) in [7, 11) is 6.31. The zero-order chi connectivity index (χ0) is 29.2. The maximum absolute atomic E-state index is 13.5. The van der Waals surface area contributed by atoms with E-state index in [1.54, 1.807) is 57.6 Å². The molecule has 0 aliphatic carbocycles. The Bertz CT molecular complexity index is 1490. The summed E-state index contributed by atoms with van der Waals surface area (Å²) >= 11 is 1.26. The molecule has 0 saturated carbocycles. The molecule has 0 saturated heterocycles. The van der Waals surface area contributed by atoms with Crippen molar-refractivity contribution in [3.63, 3.8) is 0 Å². The fraction of sp³-hybridized carbons (Fsp3) is 0.267. The zero-order valence-electron chi connectivity index (χ0n) is 23.4. The maximum Gasteiger partial charge on any atom is 0.254 e. The fourth-order valence-corrected chi connectivity index (χ4v) is 4.87. The number of methoxy groups -OCH3 is 4. The van der Waals surface area contributed by atoms with Gasteiger partial charge in [-0.15, -0.1) is 10.2 Å². The molecule has 1 heterocycles. The quantitative estimate of drug-likeness (QED) is 0.238. The van der Waals surface area contributed by atoms with Crippen molar-refractivity contribution in [3.8, 4) is 33.6 Å². The Balaban J connectivity index is 1.44. The van der Waals surface area contributed by atoms with Crippen LogP contribution in [0.4, 0.5) is 5.13 Å². The van der Waals surface area contributed by atoms with Gasteiger partial charge in [0.1, 0.15) is 16.5 Å². The van der Waals surface area contributed by atoms with E-state index in [-0.39, 0.29) is 24.8 Å². The molecule has 0 atom stereocenters. The van der Waals surface area contributed by atoms with E-state index in [0.29, 0.717) is 51.7 Å². The molecular formula is C30H32N4O6S. The Morgan fingerprint density at radius 3 is 2.27 bits per heavy atom. The molecule has 0 unspecified atom stereocenters. The summed E-state index contributed by atoms with van der Waals surface area (Å²) in [6.07, 6.45) is 0.633. The first-order valence-electron chi connectivity index (χ1n) is 12.9. The van der Waals surface area contributed by atoms with E-state index in [1.807, 2.05) is 42.5 Å². The summed E-state index contributed by atoms with van der Waals surface area (Å²) in [5.41, 5.74) is 2.28. The van der Waals surface area contributed by atoms with Crippen LogP contribution in [0.15, 0.2) is 66.7 Å². The van der Waals surface area contributed by atoms with Crippen LogP contribution in [0.5, 0.6) is 23.0 Å².